The maximum absolute atomic E-state index is 12.2. The molecule has 0 aromatic carbocycles. The molecule has 2 rings (SSSR count). The maximum atomic E-state index is 12.2. The van der Waals surface area contributed by atoms with E-state index in [9.17, 15) is 4.79 Å². The first-order valence-electron chi connectivity index (χ1n) is 7.31. The van der Waals surface area contributed by atoms with Crippen LogP contribution in [0.25, 0.3) is 0 Å². The number of carbonyl (C=O) groups excluding carboxylic acids is 1. The molecule has 0 bridgehead atoms. The summed E-state index contributed by atoms with van der Waals surface area (Å²) in [7, 11) is 0. The van der Waals surface area contributed by atoms with E-state index in [0.717, 1.165) is 39.0 Å². The van der Waals surface area contributed by atoms with E-state index in [2.05, 4.69) is 25.2 Å². The number of carbonyl (C=O) groups is 1. The normalized spacial score (nSPS) is 26.7. The average Bonchev–Trinajstić information content (AvgIpc) is 2.40. The van der Waals surface area contributed by atoms with Gasteiger partial charge in [0.25, 0.3) is 0 Å². The van der Waals surface area contributed by atoms with Crippen LogP contribution in [-0.2, 0) is 4.79 Å². The van der Waals surface area contributed by atoms with Gasteiger partial charge in [0.1, 0.15) is 0 Å². The first-order chi connectivity index (χ1) is 8.66. The summed E-state index contributed by atoms with van der Waals surface area (Å²) in [5.41, 5.74) is 1.42. The number of piperidine rings is 1. The Morgan fingerprint density at radius 2 is 2.44 bits per heavy atom. The Kier molecular flexibility index (Phi) is 4.81. The predicted molar refractivity (Wildman–Crippen MR) is 74.3 cm³/mol. The standard InChI is InChI=1S/C15H26N2O/c1-12-5-8-17(9-6-12)15(18)10-13(2)14-4-3-7-16-11-14/h5,13-14,16H,3-4,6-11H2,1-2H3. The summed E-state index contributed by atoms with van der Waals surface area (Å²) < 4.78 is 0. The lowest BCUT2D eigenvalue weighted by atomic mass is 9.85. The Morgan fingerprint density at radius 3 is 3.06 bits per heavy atom. The Morgan fingerprint density at radius 1 is 1.61 bits per heavy atom. The van der Waals surface area contributed by atoms with Gasteiger partial charge in [-0.05, 0) is 51.1 Å². The predicted octanol–water partition coefficient (Wildman–Crippen LogP) is 2.19. The molecule has 2 aliphatic heterocycles. The second-order valence-corrected chi connectivity index (χ2v) is 5.93. The molecular weight excluding hydrogens is 224 g/mol. The minimum absolute atomic E-state index is 0.344. The first-order valence-corrected chi connectivity index (χ1v) is 7.31. The van der Waals surface area contributed by atoms with Gasteiger partial charge in [-0.15, -0.1) is 0 Å². The number of amides is 1. The zero-order chi connectivity index (χ0) is 13.0. The molecule has 0 saturated carbocycles. The van der Waals surface area contributed by atoms with Gasteiger partial charge in [-0.25, -0.2) is 0 Å². The maximum Gasteiger partial charge on any atom is 0.223 e. The van der Waals surface area contributed by atoms with Crippen molar-refractivity contribution in [3.8, 4) is 0 Å². The fourth-order valence-electron chi connectivity index (χ4n) is 2.93. The van der Waals surface area contributed by atoms with Gasteiger partial charge in [-0.3, -0.25) is 4.79 Å². The Balaban J connectivity index is 1.79. The number of rotatable bonds is 3. The summed E-state index contributed by atoms with van der Waals surface area (Å²) in [6, 6.07) is 0. The fourth-order valence-corrected chi connectivity index (χ4v) is 2.93. The van der Waals surface area contributed by atoms with Crippen molar-refractivity contribution in [2.45, 2.75) is 39.5 Å². The van der Waals surface area contributed by atoms with Gasteiger partial charge >= 0.3 is 0 Å². The van der Waals surface area contributed by atoms with E-state index < -0.39 is 0 Å². The molecule has 1 saturated heterocycles. The molecule has 102 valence electrons. The molecule has 1 amide bonds. The third-order valence-electron chi connectivity index (χ3n) is 4.43. The van der Waals surface area contributed by atoms with Crippen molar-refractivity contribution >= 4 is 5.91 Å². The van der Waals surface area contributed by atoms with E-state index in [4.69, 9.17) is 0 Å². The quantitative estimate of drug-likeness (QED) is 0.779. The average molecular weight is 250 g/mol. The molecule has 0 radical (unpaired) electrons. The van der Waals surface area contributed by atoms with Gasteiger partial charge in [-0.1, -0.05) is 18.6 Å². The molecule has 2 heterocycles. The van der Waals surface area contributed by atoms with Crippen molar-refractivity contribution < 1.29 is 4.79 Å². The number of hydrogen-bond acceptors (Lipinski definition) is 2. The highest BCUT2D eigenvalue weighted by Gasteiger charge is 2.24. The van der Waals surface area contributed by atoms with E-state index >= 15 is 0 Å². The first kappa shape index (κ1) is 13.6. The van der Waals surface area contributed by atoms with E-state index in [0.29, 0.717) is 17.7 Å². The smallest absolute Gasteiger partial charge is 0.223 e. The topological polar surface area (TPSA) is 32.3 Å². The van der Waals surface area contributed by atoms with Crippen molar-refractivity contribution in [1.29, 1.82) is 0 Å². The molecule has 1 N–H and O–H groups in total. The highest BCUT2D eigenvalue weighted by molar-refractivity contribution is 5.76. The molecule has 2 unspecified atom stereocenters. The Hall–Kier alpha value is -0.830. The van der Waals surface area contributed by atoms with Crippen molar-refractivity contribution in [1.82, 2.24) is 10.2 Å². The minimum atomic E-state index is 0.344. The fraction of sp³-hybridized carbons (Fsp3) is 0.800. The summed E-state index contributed by atoms with van der Waals surface area (Å²) in [4.78, 5) is 14.2. The summed E-state index contributed by atoms with van der Waals surface area (Å²) >= 11 is 0. The minimum Gasteiger partial charge on any atom is -0.339 e. The van der Waals surface area contributed by atoms with Gasteiger partial charge < -0.3 is 10.2 Å². The lowest BCUT2D eigenvalue weighted by Crippen LogP contribution is -2.38. The van der Waals surface area contributed by atoms with Gasteiger partial charge in [0.15, 0.2) is 0 Å². The summed E-state index contributed by atoms with van der Waals surface area (Å²) in [6.45, 7) is 8.36. The molecule has 0 aromatic rings. The monoisotopic (exact) mass is 250 g/mol. The molecule has 2 atom stereocenters. The number of hydrogen-bond donors (Lipinski definition) is 1. The lowest BCUT2D eigenvalue weighted by Gasteiger charge is -2.31. The highest BCUT2D eigenvalue weighted by atomic mass is 16.2. The molecule has 3 nitrogen and oxygen atoms in total. The number of nitrogens with zero attached hydrogens (tertiary/aromatic N) is 1. The van der Waals surface area contributed by atoms with Gasteiger partial charge in [0.2, 0.25) is 5.91 Å². The molecule has 3 heteroatoms. The van der Waals surface area contributed by atoms with E-state index in [1.807, 2.05) is 4.90 Å². The molecule has 0 spiro atoms. The second-order valence-electron chi connectivity index (χ2n) is 5.93. The van der Waals surface area contributed by atoms with Crippen LogP contribution in [0.5, 0.6) is 0 Å². The van der Waals surface area contributed by atoms with Crippen molar-refractivity contribution in [2.24, 2.45) is 11.8 Å². The third-order valence-corrected chi connectivity index (χ3v) is 4.43. The molecule has 0 aromatic heterocycles. The van der Waals surface area contributed by atoms with Crippen LogP contribution in [0.3, 0.4) is 0 Å². The third kappa shape index (κ3) is 3.58. The second kappa shape index (κ2) is 6.37. The van der Waals surface area contributed by atoms with E-state index in [1.54, 1.807) is 0 Å². The molecule has 0 aliphatic carbocycles. The largest absolute Gasteiger partial charge is 0.339 e. The van der Waals surface area contributed by atoms with Gasteiger partial charge in [0, 0.05) is 19.5 Å². The van der Waals surface area contributed by atoms with E-state index in [-0.39, 0.29) is 0 Å². The SMILES string of the molecule is CC1=CCN(C(=O)CC(C)C2CCCNC2)CC1. The number of nitrogens with one attached hydrogen (secondary N) is 1. The lowest BCUT2D eigenvalue weighted by molar-refractivity contribution is -0.132. The van der Waals surface area contributed by atoms with Crippen LogP contribution < -0.4 is 5.32 Å². The highest BCUT2D eigenvalue weighted by Crippen LogP contribution is 2.23. The molecule has 2 aliphatic rings. The van der Waals surface area contributed by atoms with Crippen LogP contribution in [0.1, 0.15) is 39.5 Å². The van der Waals surface area contributed by atoms with Crippen LogP contribution in [0.15, 0.2) is 11.6 Å². The van der Waals surface area contributed by atoms with Crippen LogP contribution in [0.2, 0.25) is 0 Å². The van der Waals surface area contributed by atoms with Crippen molar-refractivity contribution in [3.05, 3.63) is 11.6 Å². The summed E-state index contributed by atoms with van der Waals surface area (Å²) in [5, 5.41) is 3.44. The van der Waals surface area contributed by atoms with Crippen LogP contribution in [0, 0.1) is 11.8 Å². The van der Waals surface area contributed by atoms with Crippen LogP contribution >= 0.6 is 0 Å². The molecular formula is C15H26N2O. The zero-order valence-corrected chi connectivity index (χ0v) is 11.7. The van der Waals surface area contributed by atoms with E-state index in [1.165, 1.54) is 18.4 Å². The van der Waals surface area contributed by atoms with Gasteiger partial charge in [0.05, 0.1) is 0 Å². The van der Waals surface area contributed by atoms with Crippen molar-refractivity contribution in [3.63, 3.8) is 0 Å². The zero-order valence-electron chi connectivity index (χ0n) is 11.7. The van der Waals surface area contributed by atoms with Crippen LogP contribution in [0.4, 0.5) is 0 Å². The Bertz CT molecular complexity index is 318. The summed E-state index contributed by atoms with van der Waals surface area (Å²) in [6.07, 6.45) is 6.49. The van der Waals surface area contributed by atoms with Crippen LogP contribution in [-0.4, -0.2) is 37.0 Å². The Labute approximate surface area is 111 Å². The van der Waals surface area contributed by atoms with Crippen molar-refractivity contribution in [2.75, 3.05) is 26.2 Å². The molecule has 18 heavy (non-hydrogen) atoms. The van der Waals surface area contributed by atoms with Gasteiger partial charge in [-0.2, -0.15) is 0 Å². The molecule has 1 fully saturated rings. The summed E-state index contributed by atoms with van der Waals surface area (Å²) in [5.74, 6) is 1.54.